The Hall–Kier alpha value is -1.75. The smallest absolute Gasteiger partial charge is 0.337 e. The summed E-state index contributed by atoms with van der Waals surface area (Å²) in [6.07, 6.45) is 5.16. The molecule has 0 amide bonds. The van der Waals surface area contributed by atoms with Gasteiger partial charge in [0.25, 0.3) is 0 Å². The van der Waals surface area contributed by atoms with E-state index < -0.39 is 0 Å². The van der Waals surface area contributed by atoms with Gasteiger partial charge in [-0.1, -0.05) is 36.7 Å². The molecule has 1 aromatic heterocycles. The molecule has 0 unspecified atom stereocenters. The summed E-state index contributed by atoms with van der Waals surface area (Å²) in [5, 5.41) is 1.12. The third kappa shape index (κ3) is 3.51. The van der Waals surface area contributed by atoms with Crippen LogP contribution in [0.2, 0.25) is 0 Å². The molecule has 1 aromatic carbocycles. The van der Waals surface area contributed by atoms with Crippen LogP contribution in [0, 0.1) is 13.8 Å². The van der Waals surface area contributed by atoms with Crippen LogP contribution in [0.5, 0.6) is 0 Å². The second kappa shape index (κ2) is 7.43. The number of methoxy groups -OCH3 is 1. The van der Waals surface area contributed by atoms with Crippen molar-refractivity contribution in [3.8, 4) is 0 Å². The number of nitrogens with zero attached hydrogens (tertiary/aromatic N) is 2. The number of ether oxygens (including phenoxy) is 1. The molecule has 4 nitrogen and oxygen atoms in total. The topological polar surface area (TPSA) is 44.1 Å². The van der Waals surface area contributed by atoms with Gasteiger partial charge in [-0.15, -0.1) is 0 Å². The van der Waals surface area contributed by atoms with Crippen LogP contribution in [-0.4, -0.2) is 22.6 Å². The lowest BCUT2D eigenvalue weighted by atomic mass is 10.1. The van der Waals surface area contributed by atoms with E-state index >= 15 is 0 Å². The van der Waals surface area contributed by atoms with Crippen molar-refractivity contribution in [3.05, 3.63) is 46.8 Å². The highest BCUT2D eigenvalue weighted by atomic mass is 32.2. The Morgan fingerprint density at radius 3 is 2.54 bits per heavy atom. The molecule has 2 aromatic rings. The summed E-state index contributed by atoms with van der Waals surface area (Å²) >= 11 is 1.78. The van der Waals surface area contributed by atoms with Crippen molar-refractivity contribution >= 4 is 17.7 Å². The molecule has 1 aliphatic rings. The Bertz CT molecular complexity index is 716. The lowest BCUT2D eigenvalue weighted by Crippen LogP contribution is -2.08. The molecule has 1 saturated carbocycles. The van der Waals surface area contributed by atoms with Gasteiger partial charge in [0.2, 0.25) is 0 Å². The van der Waals surface area contributed by atoms with Gasteiger partial charge in [0.15, 0.2) is 5.16 Å². The maximum atomic E-state index is 11.5. The second-order valence-electron chi connectivity index (χ2n) is 6.35. The fraction of sp³-hybridized carbons (Fsp3) is 0.474. The maximum Gasteiger partial charge on any atom is 0.337 e. The van der Waals surface area contributed by atoms with Crippen molar-refractivity contribution < 1.29 is 9.53 Å². The molecule has 0 radical (unpaired) electrons. The van der Waals surface area contributed by atoms with Gasteiger partial charge < -0.3 is 9.30 Å². The number of rotatable bonds is 5. The monoisotopic (exact) mass is 344 g/mol. The Morgan fingerprint density at radius 2 is 1.92 bits per heavy atom. The zero-order valence-corrected chi connectivity index (χ0v) is 15.4. The van der Waals surface area contributed by atoms with Crippen molar-refractivity contribution in [3.63, 3.8) is 0 Å². The predicted octanol–water partition coefficient (Wildman–Crippen LogP) is 4.69. The summed E-state index contributed by atoms with van der Waals surface area (Å²) in [4.78, 5) is 16.3. The third-order valence-electron chi connectivity index (χ3n) is 4.79. The van der Waals surface area contributed by atoms with Gasteiger partial charge in [0.1, 0.15) is 0 Å². The number of hydrogen-bond acceptors (Lipinski definition) is 4. The van der Waals surface area contributed by atoms with Gasteiger partial charge in [-0.05, 0) is 44.4 Å². The fourth-order valence-electron chi connectivity index (χ4n) is 3.29. The third-order valence-corrected chi connectivity index (χ3v) is 5.81. The van der Waals surface area contributed by atoms with Crippen molar-refractivity contribution in [2.24, 2.45) is 0 Å². The Morgan fingerprint density at radius 1 is 1.25 bits per heavy atom. The highest BCUT2D eigenvalue weighted by molar-refractivity contribution is 7.98. The summed E-state index contributed by atoms with van der Waals surface area (Å²) in [6, 6.07) is 8.22. The first kappa shape index (κ1) is 17.1. The van der Waals surface area contributed by atoms with E-state index in [1.54, 1.807) is 11.8 Å². The van der Waals surface area contributed by atoms with E-state index in [-0.39, 0.29) is 5.97 Å². The predicted molar refractivity (Wildman–Crippen MR) is 96.5 cm³/mol. The molecule has 0 saturated heterocycles. The van der Waals surface area contributed by atoms with Crippen LogP contribution in [0.4, 0.5) is 0 Å². The first-order chi connectivity index (χ1) is 11.6. The fourth-order valence-corrected chi connectivity index (χ4v) is 4.41. The van der Waals surface area contributed by atoms with Crippen LogP contribution >= 0.6 is 11.8 Å². The number of esters is 1. The largest absolute Gasteiger partial charge is 0.465 e. The molecule has 0 bridgehead atoms. The average Bonchev–Trinajstić information content (AvgIpc) is 3.21. The van der Waals surface area contributed by atoms with E-state index in [1.807, 2.05) is 24.3 Å². The number of aromatic nitrogens is 2. The zero-order valence-electron chi connectivity index (χ0n) is 14.5. The van der Waals surface area contributed by atoms with Crippen molar-refractivity contribution in [1.29, 1.82) is 0 Å². The van der Waals surface area contributed by atoms with Crippen LogP contribution in [0.25, 0.3) is 0 Å². The highest BCUT2D eigenvalue weighted by Crippen LogP contribution is 2.36. The molecule has 24 heavy (non-hydrogen) atoms. The number of hydrogen-bond donors (Lipinski definition) is 0. The van der Waals surface area contributed by atoms with Crippen LogP contribution < -0.4 is 0 Å². The standard InChI is InChI=1S/C19H24N2O2S/c1-13-14(2)21(17-6-4-5-7-17)19(20-13)24-12-15-8-10-16(11-9-15)18(22)23-3/h8-11,17H,4-7,12H2,1-3H3. The van der Waals surface area contributed by atoms with E-state index in [0.29, 0.717) is 11.6 Å². The number of carbonyl (C=O) groups is 1. The Labute approximate surface area is 147 Å². The molecule has 128 valence electrons. The quantitative estimate of drug-likeness (QED) is 0.583. The van der Waals surface area contributed by atoms with Crippen LogP contribution in [0.15, 0.2) is 29.4 Å². The summed E-state index contributed by atoms with van der Waals surface area (Å²) < 4.78 is 7.18. The zero-order chi connectivity index (χ0) is 17.1. The molecular weight excluding hydrogens is 320 g/mol. The minimum Gasteiger partial charge on any atom is -0.465 e. The van der Waals surface area contributed by atoms with Crippen LogP contribution in [0.1, 0.15) is 59.0 Å². The molecule has 1 fully saturated rings. The highest BCUT2D eigenvalue weighted by Gasteiger charge is 2.23. The molecule has 3 rings (SSSR count). The summed E-state index contributed by atoms with van der Waals surface area (Å²) in [5.74, 6) is 0.557. The average molecular weight is 344 g/mol. The van der Waals surface area contributed by atoms with Gasteiger partial charge in [-0.3, -0.25) is 0 Å². The molecule has 0 aliphatic heterocycles. The molecular formula is C19H24N2O2S. The second-order valence-corrected chi connectivity index (χ2v) is 7.29. The normalized spacial score (nSPS) is 15.0. The van der Waals surface area contributed by atoms with E-state index in [9.17, 15) is 4.79 Å². The first-order valence-corrected chi connectivity index (χ1v) is 9.44. The van der Waals surface area contributed by atoms with Crippen molar-refractivity contribution in [2.75, 3.05) is 7.11 Å². The lowest BCUT2D eigenvalue weighted by molar-refractivity contribution is 0.0600. The van der Waals surface area contributed by atoms with E-state index in [4.69, 9.17) is 9.72 Å². The maximum absolute atomic E-state index is 11.5. The number of carbonyl (C=O) groups excluding carboxylic acids is 1. The van der Waals surface area contributed by atoms with Gasteiger partial charge in [-0.2, -0.15) is 0 Å². The van der Waals surface area contributed by atoms with E-state index in [0.717, 1.165) is 16.6 Å². The lowest BCUT2D eigenvalue weighted by Gasteiger charge is -2.17. The molecule has 0 spiro atoms. The molecule has 1 heterocycles. The number of aryl methyl sites for hydroxylation is 1. The summed E-state index contributed by atoms with van der Waals surface area (Å²) in [6.45, 7) is 4.27. The SMILES string of the molecule is COC(=O)c1ccc(CSc2nc(C)c(C)n2C2CCCC2)cc1. The van der Waals surface area contributed by atoms with Gasteiger partial charge in [-0.25, -0.2) is 9.78 Å². The van der Waals surface area contributed by atoms with Crippen LogP contribution in [0.3, 0.4) is 0 Å². The Balaban J connectivity index is 1.72. The summed E-state index contributed by atoms with van der Waals surface area (Å²) in [7, 11) is 1.40. The first-order valence-electron chi connectivity index (χ1n) is 8.45. The van der Waals surface area contributed by atoms with E-state index in [2.05, 4.69) is 18.4 Å². The molecule has 0 atom stereocenters. The van der Waals surface area contributed by atoms with Gasteiger partial charge in [0, 0.05) is 17.5 Å². The molecule has 5 heteroatoms. The van der Waals surface area contributed by atoms with Gasteiger partial charge in [0.05, 0.1) is 18.4 Å². The minimum atomic E-state index is -0.294. The van der Waals surface area contributed by atoms with Gasteiger partial charge >= 0.3 is 5.97 Å². The van der Waals surface area contributed by atoms with E-state index in [1.165, 1.54) is 44.1 Å². The van der Waals surface area contributed by atoms with Crippen molar-refractivity contribution in [1.82, 2.24) is 9.55 Å². The summed E-state index contributed by atoms with van der Waals surface area (Å²) in [5.41, 5.74) is 4.20. The minimum absolute atomic E-state index is 0.294. The molecule has 1 aliphatic carbocycles. The molecule has 0 N–H and O–H groups in total. The number of benzene rings is 1. The van der Waals surface area contributed by atoms with Crippen molar-refractivity contribution in [2.45, 2.75) is 56.5 Å². The number of thioether (sulfide) groups is 1. The Kier molecular flexibility index (Phi) is 5.29. The van der Waals surface area contributed by atoms with Crippen LogP contribution in [-0.2, 0) is 10.5 Å². The number of imidazole rings is 1.